The van der Waals surface area contributed by atoms with E-state index in [-0.39, 0.29) is 29.0 Å². The van der Waals surface area contributed by atoms with Crippen molar-refractivity contribution in [1.82, 2.24) is 34.7 Å². The fraction of sp³-hybridized carbons (Fsp3) is 0.333. The van der Waals surface area contributed by atoms with Crippen molar-refractivity contribution < 1.29 is 9.53 Å². The van der Waals surface area contributed by atoms with Crippen LogP contribution in [-0.4, -0.2) is 49.7 Å². The van der Waals surface area contributed by atoms with E-state index < -0.39 is 11.2 Å². The van der Waals surface area contributed by atoms with E-state index in [0.717, 1.165) is 68.6 Å². The van der Waals surface area contributed by atoms with Gasteiger partial charge in [-0.1, -0.05) is 41.9 Å². The van der Waals surface area contributed by atoms with E-state index in [1.54, 1.807) is 21.1 Å². The van der Waals surface area contributed by atoms with Gasteiger partial charge in [-0.3, -0.25) is 18.7 Å². The normalized spacial score (nSPS) is 17.0. The van der Waals surface area contributed by atoms with Gasteiger partial charge >= 0.3 is 5.69 Å². The van der Waals surface area contributed by atoms with Gasteiger partial charge in [-0.2, -0.15) is 0 Å². The van der Waals surface area contributed by atoms with Crippen LogP contribution in [0.2, 0.25) is 5.02 Å². The van der Waals surface area contributed by atoms with E-state index in [0.29, 0.717) is 35.5 Å². The molecule has 0 spiro atoms. The molecule has 0 bridgehead atoms. The fourth-order valence-corrected chi connectivity index (χ4v) is 7.33. The number of halogens is 1. The molecule has 4 heterocycles. The van der Waals surface area contributed by atoms with Crippen molar-refractivity contribution in [2.24, 2.45) is 14.1 Å². The maximum atomic E-state index is 13.2. The van der Waals surface area contributed by atoms with Gasteiger partial charge in [0.25, 0.3) is 5.56 Å². The van der Waals surface area contributed by atoms with Crippen molar-refractivity contribution in [3.63, 3.8) is 0 Å². The number of aromatic nitrogens is 5. The van der Waals surface area contributed by atoms with Crippen molar-refractivity contribution in [3.8, 4) is 28.3 Å². The maximum absolute atomic E-state index is 13.2. The number of nitrogens with zero attached hydrogens (tertiary/aromatic N) is 5. The third-order valence-corrected chi connectivity index (χ3v) is 10.0. The van der Waals surface area contributed by atoms with Crippen LogP contribution in [0.1, 0.15) is 47.8 Å². The molecular formula is C36H37ClN8O4. The molecule has 2 aliphatic rings. The zero-order valence-corrected chi connectivity index (χ0v) is 28.7. The number of hydrogen-bond donors (Lipinski definition) is 3. The first kappa shape index (κ1) is 32.5. The maximum Gasteiger partial charge on any atom is 0.332 e. The lowest BCUT2D eigenvalue weighted by molar-refractivity contribution is -0.119. The van der Waals surface area contributed by atoms with Crippen LogP contribution in [0.25, 0.3) is 33.4 Å². The highest BCUT2D eigenvalue weighted by Crippen LogP contribution is 2.43. The molecule has 2 aromatic carbocycles. The summed E-state index contributed by atoms with van der Waals surface area (Å²) in [4.78, 5) is 51.4. The number of aryl methyl sites for hydroxylation is 3. The third kappa shape index (κ3) is 5.74. The number of ether oxygens (including phenoxy) is 1. The number of benzene rings is 2. The van der Waals surface area contributed by atoms with Crippen LogP contribution in [0, 0.1) is 13.8 Å². The second kappa shape index (κ2) is 12.8. The summed E-state index contributed by atoms with van der Waals surface area (Å²) in [5.74, 6) is 1.41. The molecule has 1 aliphatic carbocycles. The molecule has 0 unspecified atom stereocenters. The van der Waals surface area contributed by atoms with Gasteiger partial charge in [0.2, 0.25) is 11.8 Å². The van der Waals surface area contributed by atoms with Crippen LogP contribution in [0.4, 0.5) is 11.5 Å². The number of fused-ring (bicyclic) bond motifs is 2. The smallest absolute Gasteiger partial charge is 0.332 e. The standard InChI is InChI=1S/C36H37ClN8O4/c1-18-22(8-7-11-25(18)42-32-30-33(40-19(2)39-32)44(3)36(48)45(4)35(30)47)23-9-6-10-24(31(23)37)27-16-20-12-14-26(29(20)34(43-27)49-5)38-17-21-13-15-28(46)41-21/h6-11,16,21,26,38H,12-15,17H2,1-5H3,(H,41,46)(H,39,40,42)/t21-,26-/m0/s1. The van der Waals surface area contributed by atoms with Gasteiger partial charge in [0.05, 0.1) is 17.8 Å². The number of carbonyl (C=O) groups is 1. The zero-order valence-electron chi connectivity index (χ0n) is 28.0. The summed E-state index contributed by atoms with van der Waals surface area (Å²) in [6.07, 6.45) is 3.19. The van der Waals surface area contributed by atoms with E-state index in [4.69, 9.17) is 21.3 Å². The molecule has 3 aromatic heterocycles. The number of rotatable bonds is 8. The number of carbonyl (C=O) groups excluding carboxylic acids is 1. The lowest BCUT2D eigenvalue weighted by Crippen LogP contribution is -2.37. The SMILES string of the molecule is COc1nc(-c2cccc(-c3cccc(Nc4nc(C)nc5c4c(=O)n(C)c(=O)n5C)c3C)c2Cl)cc2c1[C@@H](NC[C@@H]1CCC(=O)N1)CC2. The van der Waals surface area contributed by atoms with Crippen LogP contribution in [0.5, 0.6) is 5.88 Å². The molecule has 0 saturated carbocycles. The average Bonchev–Trinajstić information content (AvgIpc) is 3.71. The van der Waals surface area contributed by atoms with E-state index in [9.17, 15) is 14.4 Å². The Hall–Kier alpha value is -5.07. The molecule has 49 heavy (non-hydrogen) atoms. The summed E-state index contributed by atoms with van der Waals surface area (Å²) in [5.41, 5.74) is 6.37. The largest absolute Gasteiger partial charge is 0.481 e. The summed E-state index contributed by atoms with van der Waals surface area (Å²) in [6.45, 7) is 4.40. The Kier molecular flexibility index (Phi) is 8.45. The summed E-state index contributed by atoms with van der Waals surface area (Å²) < 4.78 is 8.23. The van der Waals surface area contributed by atoms with Gasteiger partial charge in [-0.15, -0.1) is 0 Å². The highest BCUT2D eigenvalue weighted by molar-refractivity contribution is 6.36. The van der Waals surface area contributed by atoms with Crippen LogP contribution in [0.3, 0.4) is 0 Å². The molecule has 1 fully saturated rings. The molecule has 1 aliphatic heterocycles. The third-order valence-electron chi connectivity index (χ3n) is 9.61. The molecule has 13 heteroatoms. The first-order valence-electron chi connectivity index (χ1n) is 16.3. The van der Waals surface area contributed by atoms with Crippen molar-refractivity contribution in [2.45, 2.75) is 51.6 Å². The monoisotopic (exact) mass is 680 g/mol. The minimum absolute atomic E-state index is 0.0876. The Balaban J connectivity index is 1.23. The Bertz CT molecular complexity index is 2280. The summed E-state index contributed by atoms with van der Waals surface area (Å²) in [6, 6.07) is 14.0. The van der Waals surface area contributed by atoms with Gasteiger partial charge in [-0.05, 0) is 61.9 Å². The number of nitrogens with one attached hydrogen (secondary N) is 3. The van der Waals surface area contributed by atoms with E-state index in [1.165, 1.54) is 11.6 Å². The minimum Gasteiger partial charge on any atom is -0.481 e. The van der Waals surface area contributed by atoms with E-state index in [1.807, 2.05) is 43.3 Å². The van der Waals surface area contributed by atoms with Gasteiger partial charge < -0.3 is 20.7 Å². The van der Waals surface area contributed by atoms with Crippen molar-refractivity contribution in [1.29, 1.82) is 0 Å². The second-order valence-corrected chi connectivity index (χ2v) is 13.1. The van der Waals surface area contributed by atoms with Gasteiger partial charge in [0, 0.05) is 61.5 Å². The molecule has 3 N–H and O–H groups in total. The summed E-state index contributed by atoms with van der Waals surface area (Å²) >= 11 is 7.20. The van der Waals surface area contributed by atoms with Crippen molar-refractivity contribution >= 4 is 40.0 Å². The van der Waals surface area contributed by atoms with Gasteiger partial charge in [0.15, 0.2) is 5.65 Å². The van der Waals surface area contributed by atoms with Crippen LogP contribution in [-0.2, 0) is 25.3 Å². The first-order valence-corrected chi connectivity index (χ1v) is 16.6. The molecule has 1 amide bonds. The van der Waals surface area contributed by atoms with E-state index >= 15 is 0 Å². The Morgan fingerprint density at radius 3 is 2.47 bits per heavy atom. The van der Waals surface area contributed by atoms with Crippen LogP contribution < -0.4 is 31.9 Å². The predicted molar refractivity (Wildman–Crippen MR) is 190 cm³/mol. The quantitative estimate of drug-likeness (QED) is 0.214. The second-order valence-electron chi connectivity index (χ2n) is 12.7. The minimum atomic E-state index is -0.480. The lowest BCUT2D eigenvalue weighted by atomic mass is 9.96. The number of pyridine rings is 1. The number of hydrogen-bond acceptors (Lipinski definition) is 9. The molecule has 5 aromatic rings. The molecule has 7 rings (SSSR count). The topological polar surface area (TPSA) is 145 Å². The molecular weight excluding hydrogens is 644 g/mol. The van der Waals surface area contributed by atoms with Crippen LogP contribution in [0.15, 0.2) is 52.1 Å². The van der Waals surface area contributed by atoms with Crippen molar-refractivity contribution in [2.75, 3.05) is 19.0 Å². The average molecular weight is 681 g/mol. The summed E-state index contributed by atoms with van der Waals surface area (Å²) in [5, 5.41) is 10.8. The van der Waals surface area contributed by atoms with Crippen molar-refractivity contribution in [3.05, 3.63) is 90.8 Å². The fourth-order valence-electron chi connectivity index (χ4n) is 7.00. The highest BCUT2D eigenvalue weighted by atomic mass is 35.5. The highest BCUT2D eigenvalue weighted by Gasteiger charge is 2.30. The number of amides is 1. The predicted octanol–water partition coefficient (Wildman–Crippen LogP) is 4.63. The molecule has 0 radical (unpaired) electrons. The zero-order chi connectivity index (χ0) is 34.6. The first-order chi connectivity index (χ1) is 23.5. The molecule has 12 nitrogen and oxygen atoms in total. The lowest BCUT2D eigenvalue weighted by Gasteiger charge is -2.20. The van der Waals surface area contributed by atoms with E-state index in [2.05, 4.69) is 32.0 Å². The van der Waals surface area contributed by atoms with Gasteiger partial charge in [0.1, 0.15) is 17.0 Å². The Morgan fingerprint density at radius 1 is 0.959 bits per heavy atom. The Morgan fingerprint density at radius 2 is 1.71 bits per heavy atom. The Labute approximate surface area is 287 Å². The molecule has 2 atom stereocenters. The summed E-state index contributed by atoms with van der Waals surface area (Å²) in [7, 11) is 4.66. The number of methoxy groups -OCH3 is 1. The molecule has 1 saturated heterocycles. The molecule has 252 valence electrons. The van der Waals surface area contributed by atoms with Gasteiger partial charge in [-0.25, -0.2) is 19.7 Å². The number of anilines is 2. The van der Waals surface area contributed by atoms with Crippen LogP contribution >= 0.6 is 11.6 Å².